The van der Waals surface area contributed by atoms with Crippen molar-refractivity contribution in [3.8, 4) is 0 Å². The van der Waals surface area contributed by atoms with Crippen LogP contribution in [0.4, 0.5) is 4.39 Å². The van der Waals surface area contributed by atoms with Gasteiger partial charge in [0.15, 0.2) is 0 Å². The average molecular weight is 483 g/mol. The molecule has 0 aliphatic rings. The van der Waals surface area contributed by atoms with Crippen molar-refractivity contribution in [2.45, 2.75) is 32.9 Å². The number of carbonyl (C=O) groups excluding carboxylic acids is 2. The number of methoxy groups -OCH3 is 1. The van der Waals surface area contributed by atoms with Gasteiger partial charge in [0, 0.05) is 19.6 Å². The fourth-order valence-electron chi connectivity index (χ4n) is 2.54. The first-order valence-corrected chi connectivity index (χ1v) is 11.6. The number of carbonyl (C=O) groups is 2. The van der Waals surface area contributed by atoms with Gasteiger partial charge >= 0.3 is 0 Å². The summed E-state index contributed by atoms with van der Waals surface area (Å²) in [5, 5.41) is 5.25. The molecule has 0 heterocycles. The number of ether oxygens (including phenoxy) is 6. The predicted octanol–water partition coefficient (Wildman–Crippen LogP) is 0.723. The van der Waals surface area contributed by atoms with E-state index in [-0.39, 0.29) is 44.1 Å². The maximum atomic E-state index is 13.7. The van der Waals surface area contributed by atoms with Gasteiger partial charge in [-0.25, -0.2) is 4.39 Å². The molecule has 0 saturated carbocycles. The van der Waals surface area contributed by atoms with Crippen LogP contribution in [0.2, 0.25) is 0 Å². The Morgan fingerprint density at radius 2 is 1.33 bits per heavy atom. The number of alkyl halides is 1. The van der Waals surface area contributed by atoms with Crippen molar-refractivity contribution in [1.82, 2.24) is 10.6 Å². The standard InChI is InChI=1S/C22H43FN2O8/c1-4-5-19(2)22(27)25-16-20(23)17-33-15-14-32-13-12-31-11-10-30-9-8-29-7-6-24-21(26)18-28-3/h19-20H,4-18H2,1-3H3,(H,24,26)(H,25,27). The summed E-state index contributed by atoms with van der Waals surface area (Å²) in [6, 6.07) is 0. The molecular formula is C22H43FN2O8. The minimum atomic E-state index is -1.24. The molecule has 2 amide bonds. The van der Waals surface area contributed by atoms with Crippen molar-refractivity contribution in [1.29, 1.82) is 0 Å². The van der Waals surface area contributed by atoms with E-state index >= 15 is 0 Å². The summed E-state index contributed by atoms with van der Waals surface area (Å²) in [4.78, 5) is 22.8. The van der Waals surface area contributed by atoms with Crippen LogP contribution in [0.5, 0.6) is 0 Å². The van der Waals surface area contributed by atoms with Gasteiger partial charge in [-0.05, 0) is 6.42 Å². The largest absolute Gasteiger partial charge is 0.377 e. The van der Waals surface area contributed by atoms with Crippen LogP contribution in [-0.4, -0.2) is 111 Å². The fourth-order valence-corrected chi connectivity index (χ4v) is 2.54. The lowest BCUT2D eigenvalue weighted by Gasteiger charge is -2.14. The minimum absolute atomic E-state index is 0.0388. The molecule has 0 aromatic rings. The molecule has 0 saturated heterocycles. The zero-order valence-corrected chi connectivity index (χ0v) is 20.4. The Labute approximate surface area is 197 Å². The van der Waals surface area contributed by atoms with Gasteiger partial charge in [-0.1, -0.05) is 20.3 Å². The molecular weight excluding hydrogens is 439 g/mol. The molecule has 0 aliphatic carbocycles. The third-order valence-corrected chi connectivity index (χ3v) is 4.30. The molecule has 2 atom stereocenters. The average Bonchev–Trinajstić information content (AvgIpc) is 2.79. The smallest absolute Gasteiger partial charge is 0.246 e. The second-order valence-corrected chi connectivity index (χ2v) is 7.34. The van der Waals surface area contributed by atoms with Crippen LogP contribution < -0.4 is 10.6 Å². The molecule has 0 bridgehead atoms. The Bertz CT molecular complexity index is 474. The van der Waals surface area contributed by atoms with Crippen molar-refractivity contribution in [2.75, 3.05) is 92.9 Å². The molecule has 2 N–H and O–H groups in total. The molecule has 0 aromatic carbocycles. The molecule has 0 fully saturated rings. The number of hydrogen-bond acceptors (Lipinski definition) is 8. The molecule has 0 radical (unpaired) electrons. The van der Waals surface area contributed by atoms with E-state index in [1.807, 2.05) is 13.8 Å². The van der Waals surface area contributed by atoms with E-state index in [9.17, 15) is 14.0 Å². The Morgan fingerprint density at radius 1 is 0.818 bits per heavy atom. The topological polar surface area (TPSA) is 114 Å². The van der Waals surface area contributed by atoms with Gasteiger partial charge in [0.2, 0.25) is 11.8 Å². The number of halogens is 1. The van der Waals surface area contributed by atoms with Crippen LogP contribution >= 0.6 is 0 Å². The molecule has 33 heavy (non-hydrogen) atoms. The highest BCUT2D eigenvalue weighted by Gasteiger charge is 2.14. The van der Waals surface area contributed by atoms with Gasteiger partial charge in [-0.15, -0.1) is 0 Å². The van der Waals surface area contributed by atoms with Gasteiger partial charge in [0.05, 0.1) is 72.6 Å². The molecule has 10 nitrogen and oxygen atoms in total. The first-order valence-electron chi connectivity index (χ1n) is 11.6. The van der Waals surface area contributed by atoms with Gasteiger partial charge < -0.3 is 39.1 Å². The summed E-state index contributed by atoms with van der Waals surface area (Å²) in [5.41, 5.74) is 0. The van der Waals surface area contributed by atoms with Crippen LogP contribution in [0.25, 0.3) is 0 Å². The third kappa shape index (κ3) is 22.2. The fraction of sp³-hybridized carbons (Fsp3) is 0.909. The number of nitrogens with one attached hydrogen (secondary N) is 2. The highest BCUT2D eigenvalue weighted by molar-refractivity contribution is 5.78. The minimum Gasteiger partial charge on any atom is -0.377 e. The maximum Gasteiger partial charge on any atom is 0.246 e. The van der Waals surface area contributed by atoms with Crippen LogP contribution in [0.1, 0.15) is 26.7 Å². The quantitative estimate of drug-likeness (QED) is 0.194. The second-order valence-electron chi connectivity index (χ2n) is 7.34. The number of hydrogen-bond donors (Lipinski definition) is 2. The van der Waals surface area contributed by atoms with Crippen molar-refractivity contribution >= 4 is 11.8 Å². The highest BCUT2D eigenvalue weighted by atomic mass is 19.1. The molecule has 2 unspecified atom stereocenters. The summed E-state index contributed by atoms with van der Waals surface area (Å²) in [6.07, 6.45) is 0.478. The normalized spacial score (nSPS) is 13.0. The van der Waals surface area contributed by atoms with E-state index in [2.05, 4.69) is 10.6 Å². The summed E-state index contributed by atoms with van der Waals surface area (Å²) in [5.74, 6) is -0.395. The number of rotatable bonds is 24. The molecule has 0 aromatic heterocycles. The summed E-state index contributed by atoms with van der Waals surface area (Å²) >= 11 is 0. The van der Waals surface area contributed by atoms with E-state index in [1.54, 1.807) is 0 Å². The van der Waals surface area contributed by atoms with Crippen molar-refractivity contribution in [2.24, 2.45) is 5.92 Å². The zero-order valence-electron chi connectivity index (χ0n) is 20.4. The second kappa shape index (κ2) is 23.8. The Morgan fingerprint density at radius 3 is 1.85 bits per heavy atom. The lowest BCUT2D eigenvalue weighted by atomic mass is 10.1. The Hall–Kier alpha value is -1.37. The van der Waals surface area contributed by atoms with E-state index < -0.39 is 6.17 Å². The number of amides is 2. The SMILES string of the molecule is CCCC(C)C(=O)NCC(F)COCCOCCOCCOCCOCCNC(=O)COC. The van der Waals surface area contributed by atoms with E-state index in [0.29, 0.717) is 59.4 Å². The van der Waals surface area contributed by atoms with Crippen molar-refractivity contribution < 1.29 is 42.4 Å². The summed E-state index contributed by atoms with van der Waals surface area (Å²) in [7, 11) is 1.46. The third-order valence-electron chi connectivity index (χ3n) is 4.30. The van der Waals surface area contributed by atoms with Crippen LogP contribution in [0.3, 0.4) is 0 Å². The Balaban J connectivity index is 3.26. The van der Waals surface area contributed by atoms with Crippen molar-refractivity contribution in [3.05, 3.63) is 0 Å². The van der Waals surface area contributed by atoms with Crippen molar-refractivity contribution in [3.63, 3.8) is 0 Å². The molecule has 0 aliphatic heterocycles. The first-order chi connectivity index (χ1) is 16.0. The predicted molar refractivity (Wildman–Crippen MR) is 121 cm³/mol. The lowest BCUT2D eigenvalue weighted by molar-refractivity contribution is -0.125. The Kier molecular flexibility index (Phi) is 22.8. The summed E-state index contributed by atoms with van der Waals surface area (Å²) in [6.45, 7) is 7.85. The van der Waals surface area contributed by atoms with Gasteiger partial charge in [-0.3, -0.25) is 9.59 Å². The van der Waals surface area contributed by atoms with Gasteiger partial charge in [-0.2, -0.15) is 0 Å². The van der Waals surface area contributed by atoms with Gasteiger partial charge in [0.1, 0.15) is 12.8 Å². The van der Waals surface area contributed by atoms with E-state index in [0.717, 1.165) is 12.8 Å². The zero-order chi connectivity index (χ0) is 24.6. The van der Waals surface area contributed by atoms with Gasteiger partial charge in [0.25, 0.3) is 0 Å². The molecule has 196 valence electrons. The maximum absolute atomic E-state index is 13.7. The van der Waals surface area contributed by atoms with Crippen LogP contribution in [-0.2, 0) is 38.0 Å². The molecule has 0 rings (SSSR count). The summed E-state index contributed by atoms with van der Waals surface area (Å²) < 4.78 is 45.0. The monoisotopic (exact) mass is 482 g/mol. The molecule has 0 spiro atoms. The van der Waals surface area contributed by atoms with E-state index in [1.165, 1.54) is 7.11 Å². The highest BCUT2D eigenvalue weighted by Crippen LogP contribution is 2.04. The van der Waals surface area contributed by atoms with Crippen LogP contribution in [0.15, 0.2) is 0 Å². The van der Waals surface area contributed by atoms with Crippen LogP contribution in [0, 0.1) is 5.92 Å². The van der Waals surface area contributed by atoms with E-state index in [4.69, 9.17) is 28.4 Å². The first kappa shape index (κ1) is 31.6. The molecule has 11 heteroatoms. The lowest BCUT2D eigenvalue weighted by Crippen LogP contribution is -2.35.